The Morgan fingerprint density at radius 2 is 2.10 bits per heavy atom. The van der Waals surface area contributed by atoms with Crippen molar-refractivity contribution in [3.63, 3.8) is 0 Å². The quantitative estimate of drug-likeness (QED) is 0.734. The maximum atomic E-state index is 5.70. The number of nitrogens with zero attached hydrogens (tertiary/aromatic N) is 1. The van der Waals surface area contributed by atoms with Crippen molar-refractivity contribution in [2.45, 2.75) is 20.5 Å². The van der Waals surface area contributed by atoms with Crippen molar-refractivity contribution in [3.05, 3.63) is 47.8 Å². The first-order valence-corrected chi connectivity index (χ1v) is 7.66. The van der Waals surface area contributed by atoms with Crippen LogP contribution >= 0.6 is 8.81 Å². The Hall–Kier alpha value is -1.25. The van der Waals surface area contributed by atoms with Gasteiger partial charge in [-0.25, -0.2) is 0 Å². The van der Waals surface area contributed by atoms with Gasteiger partial charge >= 0.3 is 122 Å². The molecule has 0 N–H and O–H groups in total. The van der Waals surface area contributed by atoms with Crippen LogP contribution in [0.25, 0.3) is 0 Å². The summed E-state index contributed by atoms with van der Waals surface area (Å²) in [6, 6.07) is 11.9. The molecular formula is C15H19BNO2P. The molecule has 0 amide bonds. The molecule has 1 unspecified atom stereocenters. The maximum absolute atomic E-state index is 5.70. The van der Waals surface area contributed by atoms with Crippen LogP contribution in [0.3, 0.4) is 0 Å². The third-order valence-electron chi connectivity index (χ3n) is 2.55. The fourth-order valence-electron chi connectivity index (χ4n) is 1.57. The van der Waals surface area contributed by atoms with E-state index in [9.17, 15) is 0 Å². The van der Waals surface area contributed by atoms with Gasteiger partial charge in [0.25, 0.3) is 0 Å². The topological polar surface area (TPSA) is 31.4 Å². The van der Waals surface area contributed by atoms with Crippen LogP contribution in [-0.4, -0.2) is 18.5 Å². The SMILES string of the molecule is CC(C)COc1cccc(POCc2bcccc2)n1. The van der Waals surface area contributed by atoms with Crippen molar-refractivity contribution in [1.82, 2.24) is 4.98 Å². The molecule has 0 bridgehead atoms. The van der Waals surface area contributed by atoms with E-state index in [1.165, 1.54) is 5.46 Å². The van der Waals surface area contributed by atoms with E-state index in [2.05, 4.69) is 31.8 Å². The van der Waals surface area contributed by atoms with Crippen LogP contribution in [0.1, 0.15) is 19.3 Å². The summed E-state index contributed by atoms with van der Waals surface area (Å²) in [6.07, 6.45) is 0. The molecule has 0 saturated heterocycles. The number of pyridine rings is 1. The van der Waals surface area contributed by atoms with Crippen LogP contribution in [0.2, 0.25) is 0 Å². The molecule has 1 atom stereocenters. The summed E-state index contributed by atoms with van der Waals surface area (Å²) in [5.74, 6) is 3.18. The fraction of sp³-hybridized carbons (Fsp3) is 0.333. The molecular weight excluding hydrogens is 268 g/mol. The Bertz CT molecular complexity index is 522. The first-order chi connectivity index (χ1) is 9.74. The number of hydrogen-bond donors (Lipinski definition) is 0. The van der Waals surface area contributed by atoms with Crippen molar-refractivity contribution in [1.29, 1.82) is 0 Å². The van der Waals surface area contributed by atoms with Crippen molar-refractivity contribution >= 4 is 21.2 Å². The summed E-state index contributed by atoms with van der Waals surface area (Å²) in [6.45, 7) is 7.59. The molecule has 20 heavy (non-hydrogen) atoms. The number of aromatic nitrogens is 1. The summed E-state index contributed by atoms with van der Waals surface area (Å²) >= 11 is 0. The average molecular weight is 287 g/mol. The second-order valence-electron chi connectivity index (χ2n) is 4.94. The second kappa shape index (κ2) is 8.13. The molecule has 0 aliphatic heterocycles. The van der Waals surface area contributed by atoms with Crippen molar-refractivity contribution < 1.29 is 9.26 Å². The molecule has 2 rings (SSSR count). The normalized spacial score (nSPS) is 11.2. The monoisotopic (exact) mass is 287 g/mol. The minimum atomic E-state index is 0.234. The zero-order valence-electron chi connectivity index (χ0n) is 11.9. The van der Waals surface area contributed by atoms with E-state index in [0.29, 0.717) is 25.0 Å². The van der Waals surface area contributed by atoms with Gasteiger partial charge in [0, 0.05) is 0 Å². The number of hydrogen-bond acceptors (Lipinski definition) is 3. The first-order valence-electron chi connectivity index (χ1n) is 6.75. The zero-order chi connectivity index (χ0) is 14.2. The Kier molecular flexibility index (Phi) is 6.16. The van der Waals surface area contributed by atoms with Crippen molar-refractivity contribution in [2.75, 3.05) is 6.61 Å². The van der Waals surface area contributed by atoms with Gasteiger partial charge in [0.05, 0.1) is 0 Å². The Morgan fingerprint density at radius 3 is 2.85 bits per heavy atom. The van der Waals surface area contributed by atoms with Gasteiger partial charge in [0.15, 0.2) is 0 Å². The molecule has 0 fully saturated rings. The molecule has 0 aliphatic rings. The molecule has 0 aliphatic carbocycles. The molecule has 2 aromatic rings. The predicted molar refractivity (Wildman–Crippen MR) is 85.1 cm³/mol. The molecule has 0 saturated carbocycles. The van der Waals surface area contributed by atoms with Crippen molar-refractivity contribution in [3.8, 4) is 5.88 Å². The van der Waals surface area contributed by atoms with Crippen LogP contribution in [0.4, 0.5) is 0 Å². The van der Waals surface area contributed by atoms with Gasteiger partial charge in [-0.2, -0.15) is 0 Å². The van der Waals surface area contributed by atoms with Crippen LogP contribution in [0, 0.1) is 5.92 Å². The molecule has 104 valence electrons. The second-order valence-corrected chi connectivity index (χ2v) is 5.95. The van der Waals surface area contributed by atoms with Crippen LogP contribution in [-0.2, 0) is 11.1 Å². The number of rotatable bonds is 7. The molecule has 2 heterocycles. The van der Waals surface area contributed by atoms with E-state index in [-0.39, 0.29) is 8.81 Å². The molecule has 0 spiro atoms. The third-order valence-corrected chi connectivity index (χ3v) is 3.32. The summed E-state index contributed by atoms with van der Waals surface area (Å²) in [7, 11) is 0.234. The van der Waals surface area contributed by atoms with Gasteiger partial charge < -0.3 is 0 Å². The Labute approximate surface area is 122 Å². The van der Waals surface area contributed by atoms with Crippen LogP contribution in [0.15, 0.2) is 42.4 Å². The van der Waals surface area contributed by atoms with Gasteiger partial charge in [-0.15, -0.1) is 0 Å². The standard InChI is InChI=1S/C15H19BNO2P/c1-12(2)10-18-14-7-5-8-15(17-14)20-19-11-13-6-3-4-9-16-13/h3-9,12,20H,10-11H2,1-2H3. The van der Waals surface area contributed by atoms with E-state index >= 15 is 0 Å². The first kappa shape index (κ1) is 15.1. The van der Waals surface area contributed by atoms with E-state index in [0.717, 1.165) is 5.44 Å². The van der Waals surface area contributed by atoms with Gasteiger partial charge in [0.2, 0.25) is 0 Å². The Morgan fingerprint density at radius 1 is 1.20 bits per heavy atom. The van der Waals surface area contributed by atoms with Crippen LogP contribution < -0.4 is 10.2 Å². The summed E-state index contributed by atoms with van der Waals surface area (Å²) in [5.41, 5.74) is 2.09. The van der Waals surface area contributed by atoms with E-state index in [1.807, 2.05) is 36.3 Å². The average Bonchev–Trinajstić information content (AvgIpc) is 2.47. The molecule has 5 heteroatoms. The summed E-state index contributed by atoms with van der Waals surface area (Å²) in [4.78, 5) is 4.44. The molecule has 3 nitrogen and oxygen atoms in total. The van der Waals surface area contributed by atoms with E-state index in [1.54, 1.807) is 0 Å². The third kappa shape index (κ3) is 5.40. The predicted octanol–water partition coefficient (Wildman–Crippen LogP) is 2.89. The molecule has 0 radical (unpaired) electrons. The van der Waals surface area contributed by atoms with Gasteiger partial charge in [-0.3, -0.25) is 0 Å². The summed E-state index contributed by atoms with van der Waals surface area (Å²) in [5, 5.41) is 0. The fourth-order valence-corrected chi connectivity index (χ4v) is 2.28. The van der Waals surface area contributed by atoms with Crippen LogP contribution in [0.5, 0.6) is 5.88 Å². The van der Waals surface area contributed by atoms with Gasteiger partial charge in [-0.05, 0) is 0 Å². The van der Waals surface area contributed by atoms with Gasteiger partial charge in [-0.1, -0.05) is 0 Å². The molecule has 2 aromatic heterocycles. The van der Waals surface area contributed by atoms with E-state index in [4.69, 9.17) is 9.26 Å². The summed E-state index contributed by atoms with van der Waals surface area (Å²) < 4.78 is 11.3. The van der Waals surface area contributed by atoms with Crippen molar-refractivity contribution in [2.24, 2.45) is 5.92 Å². The van der Waals surface area contributed by atoms with Gasteiger partial charge in [0.1, 0.15) is 0 Å². The number of ether oxygens (including phenoxy) is 1. The molecule has 0 aromatic carbocycles. The zero-order valence-corrected chi connectivity index (χ0v) is 12.9. The van der Waals surface area contributed by atoms with E-state index < -0.39 is 0 Å². The minimum absolute atomic E-state index is 0.234. The Balaban J connectivity index is 1.82.